The molecule has 15 heavy (non-hydrogen) atoms. The van der Waals surface area contributed by atoms with Gasteiger partial charge in [0.25, 0.3) is 0 Å². The first-order valence-electron chi connectivity index (χ1n) is 4.43. The molecule has 0 saturated heterocycles. The van der Waals surface area contributed by atoms with Gasteiger partial charge in [-0.1, -0.05) is 6.07 Å². The van der Waals surface area contributed by atoms with E-state index < -0.39 is 5.97 Å². The maximum atomic E-state index is 11.4. The van der Waals surface area contributed by atoms with E-state index in [1.54, 1.807) is 30.1 Å². The molecule has 0 amide bonds. The number of hydrogen-bond donors (Lipinski definition) is 1. The first-order chi connectivity index (χ1) is 7.15. The summed E-state index contributed by atoms with van der Waals surface area (Å²) in [4.78, 5) is 11.4. The number of rotatable bonds is 1. The average Bonchev–Trinajstić information content (AvgIpc) is 2.61. The summed E-state index contributed by atoms with van der Waals surface area (Å²) in [7, 11) is 3.11. The Morgan fingerprint density at radius 1 is 1.53 bits per heavy atom. The smallest absolute Gasteiger partial charge is 0.340 e. The molecule has 0 spiro atoms. The standard InChI is InChI=1S/C10H11N3O2/c1-13-9-6(5-12-13)3-4-7(8(9)11)10(14)15-2/h3-5H,11H2,1-2H3. The molecule has 0 aliphatic carbocycles. The molecule has 78 valence electrons. The van der Waals surface area contributed by atoms with Crippen molar-refractivity contribution in [3.05, 3.63) is 23.9 Å². The lowest BCUT2D eigenvalue weighted by atomic mass is 10.1. The minimum atomic E-state index is -0.435. The van der Waals surface area contributed by atoms with Crippen LogP contribution in [0.25, 0.3) is 10.9 Å². The highest BCUT2D eigenvalue weighted by Gasteiger charge is 2.14. The minimum absolute atomic E-state index is 0.369. The van der Waals surface area contributed by atoms with Gasteiger partial charge in [0.2, 0.25) is 0 Å². The number of anilines is 1. The van der Waals surface area contributed by atoms with Gasteiger partial charge >= 0.3 is 5.97 Å². The molecule has 0 saturated carbocycles. The Labute approximate surface area is 86.4 Å². The maximum Gasteiger partial charge on any atom is 0.340 e. The van der Waals surface area contributed by atoms with E-state index in [1.807, 2.05) is 0 Å². The van der Waals surface area contributed by atoms with Crippen LogP contribution in [-0.2, 0) is 11.8 Å². The van der Waals surface area contributed by atoms with E-state index in [4.69, 9.17) is 5.73 Å². The first-order valence-corrected chi connectivity index (χ1v) is 4.43. The molecule has 0 bridgehead atoms. The van der Waals surface area contributed by atoms with Crippen molar-refractivity contribution in [3.8, 4) is 0 Å². The van der Waals surface area contributed by atoms with E-state index in [-0.39, 0.29) is 0 Å². The highest BCUT2D eigenvalue weighted by molar-refractivity contribution is 6.04. The summed E-state index contributed by atoms with van der Waals surface area (Å²) in [5.74, 6) is -0.435. The zero-order chi connectivity index (χ0) is 11.0. The highest BCUT2D eigenvalue weighted by Crippen LogP contribution is 2.24. The fourth-order valence-electron chi connectivity index (χ4n) is 1.58. The van der Waals surface area contributed by atoms with Gasteiger partial charge in [-0.25, -0.2) is 4.79 Å². The monoisotopic (exact) mass is 205 g/mol. The Morgan fingerprint density at radius 2 is 2.27 bits per heavy atom. The van der Waals surface area contributed by atoms with Gasteiger partial charge in [-0.15, -0.1) is 0 Å². The molecule has 0 radical (unpaired) electrons. The summed E-state index contributed by atoms with van der Waals surface area (Å²) in [6.45, 7) is 0. The SMILES string of the molecule is COC(=O)c1ccc2cnn(C)c2c1N. The van der Waals surface area contributed by atoms with Crippen LogP contribution in [0.1, 0.15) is 10.4 Å². The second-order valence-electron chi connectivity index (χ2n) is 3.22. The van der Waals surface area contributed by atoms with Crippen LogP contribution in [0.3, 0.4) is 0 Å². The number of hydrogen-bond acceptors (Lipinski definition) is 4. The number of ether oxygens (including phenoxy) is 1. The predicted molar refractivity (Wildman–Crippen MR) is 56.5 cm³/mol. The fourth-order valence-corrected chi connectivity index (χ4v) is 1.58. The van der Waals surface area contributed by atoms with Gasteiger partial charge in [0.15, 0.2) is 0 Å². The molecule has 0 aliphatic heterocycles. The van der Waals surface area contributed by atoms with Crippen molar-refractivity contribution in [3.63, 3.8) is 0 Å². The molecule has 2 N–H and O–H groups in total. The number of fused-ring (bicyclic) bond motifs is 1. The van der Waals surface area contributed by atoms with Gasteiger partial charge in [0.05, 0.1) is 30.1 Å². The van der Waals surface area contributed by atoms with Crippen molar-refractivity contribution in [2.75, 3.05) is 12.8 Å². The van der Waals surface area contributed by atoms with Crippen molar-refractivity contribution < 1.29 is 9.53 Å². The number of aromatic nitrogens is 2. The van der Waals surface area contributed by atoms with Crippen LogP contribution in [0.15, 0.2) is 18.3 Å². The van der Waals surface area contributed by atoms with E-state index >= 15 is 0 Å². The van der Waals surface area contributed by atoms with Gasteiger partial charge in [-0.2, -0.15) is 5.10 Å². The number of methoxy groups -OCH3 is 1. The number of carbonyl (C=O) groups excluding carboxylic acids is 1. The summed E-state index contributed by atoms with van der Waals surface area (Å²) in [6, 6.07) is 3.44. The second kappa shape index (κ2) is 3.27. The minimum Gasteiger partial charge on any atom is -0.465 e. The third-order valence-corrected chi connectivity index (χ3v) is 2.35. The summed E-state index contributed by atoms with van der Waals surface area (Å²) < 4.78 is 6.27. The van der Waals surface area contributed by atoms with E-state index in [9.17, 15) is 4.79 Å². The van der Waals surface area contributed by atoms with Crippen LogP contribution < -0.4 is 5.73 Å². The van der Waals surface area contributed by atoms with E-state index in [0.29, 0.717) is 11.3 Å². The van der Waals surface area contributed by atoms with Crippen LogP contribution in [-0.4, -0.2) is 22.9 Å². The molecule has 1 aromatic heterocycles. The number of nitrogens with two attached hydrogens (primary N) is 1. The topological polar surface area (TPSA) is 70.1 Å². The van der Waals surface area contributed by atoms with Crippen LogP contribution in [0.4, 0.5) is 5.69 Å². The number of aryl methyl sites for hydroxylation is 1. The van der Waals surface area contributed by atoms with Gasteiger partial charge in [0.1, 0.15) is 0 Å². The predicted octanol–water partition coefficient (Wildman–Crippen LogP) is 0.942. The van der Waals surface area contributed by atoms with E-state index in [2.05, 4.69) is 9.84 Å². The molecule has 5 heteroatoms. The zero-order valence-electron chi connectivity index (χ0n) is 8.52. The molecule has 0 unspecified atom stereocenters. The Morgan fingerprint density at radius 3 is 2.93 bits per heavy atom. The van der Waals surface area contributed by atoms with Gasteiger partial charge < -0.3 is 10.5 Å². The number of nitrogen functional groups attached to an aromatic ring is 1. The normalized spacial score (nSPS) is 10.5. The third kappa shape index (κ3) is 1.32. The number of esters is 1. The molecule has 2 aromatic rings. The highest BCUT2D eigenvalue weighted by atomic mass is 16.5. The second-order valence-corrected chi connectivity index (χ2v) is 3.22. The Kier molecular flexibility index (Phi) is 2.07. The van der Waals surface area contributed by atoms with E-state index in [0.717, 1.165) is 10.9 Å². The molecule has 0 fully saturated rings. The van der Waals surface area contributed by atoms with Gasteiger partial charge in [-0.3, -0.25) is 4.68 Å². The lowest BCUT2D eigenvalue weighted by molar-refractivity contribution is 0.0602. The lowest BCUT2D eigenvalue weighted by Gasteiger charge is -2.05. The summed E-state index contributed by atoms with van der Waals surface area (Å²) >= 11 is 0. The van der Waals surface area contributed by atoms with Crippen LogP contribution in [0.5, 0.6) is 0 Å². The van der Waals surface area contributed by atoms with Crippen molar-refractivity contribution in [1.82, 2.24) is 9.78 Å². The molecular weight excluding hydrogens is 194 g/mol. The molecular formula is C10H11N3O2. The Hall–Kier alpha value is -2.04. The zero-order valence-corrected chi connectivity index (χ0v) is 8.52. The molecule has 2 rings (SSSR count). The molecule has 1 aromatic carbocycles. The quantitative estimate of drug-likeness (QED) is 0.555. The van der Waals surface area contributed by atoms with Crippen molar-refractivity contribution in [2.24, 2.45) is 7.05 Å². The molecule has 0 aliphatic rings. The number of carbonyl (C=O) groups is 1. The van der Waals surface area contributed by atoms with E-state index in [1.165, 1.54) is 7.11 Å². The first kappa shape index (κ1) is 9.51. The molecule has 0 atom stereocenters. The fraction of sp³-hybridized carbons (Fsp3) is 0.200. The van der Waals surface area contributed by atoms with Crippen molar-refractivity contribution in [1.29, 1.82) is 0 Å². The number of nitrogens with zero attached hydrogens (tertiary/aromatic N) is 2. The third-order valence-electron chi connectivity index (χ3n) is 2.35. The molecule has 5 nitrogen and oxygen atoms in total. The largest absolute Gasteiger partial charge is 0.465 e. The summed E-state index contributed by atoms with van der Waals surface area (Å²) in [5.41, 5.74) is 7.40. The number of benzene rings is 1. The van der Waals surface area contributed by atoms with Crippen molar-refractivity contribution >= 4 is 22.6 Å². The van der Waals surface area contributed by atoms with Crippen LogP contribution in [0, 0.1) is 0 Å². The lowest BCUT2D eigenvalue weighted by Crippen LogP contribution is -2.07. The summed E-state index contributed by atoms with van der Waals surface area (Å²) in [5, 5.41) is 4.97. The Balaban J connectivity index is 2.74. The maximum absolute atomic E-state index is 11.4. The van der Waals surface area contributed by atoms with Crippen LogP contribution in [0.2, 0.25) is 0 Å². The van der Waals surface area contributed by atoms with Crippen LogP contribution >= 0.6 is 0 Å². The average molecular weight is 205 g/mol. The molecule has 1 heterocycles. The Bertz CT molecular complexity index is 531. The van der Waals surface area contributed by atoms with Gasteiger partial charge in [0, 0.05) is 12.4 Å². The van der Waals surface area contributed by atoms with Crippen molar-refractivity contribution in [2.45, 2.75) is 0 Å². The van der Waals surface area contributed by atoms with Gasteiger partial charge in [-0.05, 0) is 6.07 Å². The summed E-state index contributed by atoms with van der Waals surface area (Å²) in [6.07, 6.45) is 1.70.